The fraction of sp³-hybridized carbons (Fsp3) is 0.611. The third-order valence-corrected chi connectivity index (χ3v) is 3.90. The van der Waals surface area contributed by atoms with E-state index in [1.54, 1.807) is 0 Å². The molecule has 0 aromatic heterocycles. The smallest absolute Gasteiger partial charge is 0.410 e. The molecule has 1 amide bonds. The molecule has 0 aliphatic carbocycles. The number of anilines is 1. The van der Waals surface area contributed by atoms with Crippen molar-refractivity contribution in [2.24, 2.45) is 5.92 Å². The van der Waals surface area contributed by atoms with Crippen LogP contribution >= 0.6 is 0 Å². The molecule has 2 rings (SSSR count). The van der Waals surface area contributed by atoms with Crippen molar-refractivity contribution in [1.29, 1.82) is 0 Å². The topological polar surface area (TPSA) is 41.6 Å². The molecule has 0 saturated carbocycles. The summed E-state index contributed by atoms with van der Waals surface area (Å²) in [4.78, 5) is 14.0. The van der Waals surface area contributed by atoms with Gasteiger partial charge in [0.2, 0.25) is 0 Å². The number of carbonyl (C=O) groups excluding carboxylic acids is 1. The van der Waals surface area contributed by atoms with Crippen LogP contribution in [0.5, 0.6) is 0 Å². The lowest BCUT2D eigenvalue weighted by Crippen LogP contribution is -2.44. The number of ether oxygens (including phenoxy) is 1. The molecular formula is C18H28N2O2. The van der Waals surface area contributed by atoms with Gasteiger partial charge < -0.3 is 15.0 Å². The molecule has 0 bridgehead atoms. The number of aryl methyl sites for hydroxylation is 1. The van der Waals surface area contributed by atoms with E-state index in [4.69, 9.17) is 4.74 Å². The Morgan fingerprint density at radius 2 is 2.09 bits per heavy atom. The first-order chi connectivity index (χ1) is 10.3. The van der Waals surface area contributed by atoms with Gasteiger partial charge >= 0.3 is 6.09 Å². The minimum Gasteiger partial charge on any atom is -0.444 e. The van der Waals surface area contributed by atoms with Gasteiger partial charge in [-0.3, -0.25) is 0 Å². The van der Waals surface area contributed by atoms with Crippen LogP contribution in [0.4, 0.5) is 10.5 Å². The molecule has 0 radical (unpaired) electrons. The van der Waals surface area contributed by atoms with Gasteiger partial charge in [-0.25, -0.2) is 4.79 Å². The lowest BCUT2D eigenvalue weighted by atomic mass is 9.98. The van der Waals surface area contributed by atoms with Gasteiger partial charge in [-0.15, -0.1) is 0 Å². The van der Waals surface area contributed by atoms with Crippen molar-refractivity contribution in [3.8, 4) is 0 Å². The second kappa shape index (κ2) is 7.03. The monoisotopic (exact) mass is 304 g/mol. The summed E-state index contributed by atoms with van der Waals surface area (Å²) in [5, 5.41) is 3.51. The van der Waals surface area contributed by atoms with Gasteiger partial charge in [0.25, 0.3) is 0 Å². The van der Waals surface area contributed by atoms with Gasteiger partial charge in [-0.1, -0.05) is 18.2 Å². The van der Waals surface area contributed by atoms with E-state index in [1.807, 2.05) is 37.8 Å². The summed E-state index contributed by atoms with van der Waals surface area (Å²) in [5.74, 6) is 0.473. The third kappa shape index (κ3) is 4.93. The fourth-order valence-corrected chi connectivity index (χ4v) is 2.75. The molecule has 0 spiro atoms. The van der Waals surface area contributed by atoms with Gasteiger partial charge in [-0.05, 0) is 58.1 Å². The quantitative estimate of drug-likeness (QED) is 0.916. The van der Waals surface area contributed by atoms with E-state index in [0.29, 0.717) is 5.92 Å². The summed E-state index contributed by atoms with van der Waals surface area (Å²) >= 11 is 0. The Hall–Kier alpha value is -1.71. The zero-order chi connectivity index (χ0) is 16.2. The average molecular weight is 304 g/mol. The normalized spacial score (nSPS) is 18.9. The molecule has 4 heteroatoms. The summed E-state index contributed by atoms with van der Waals surface area (Å²) in [6.45, 7) is 10.3. The number of carbonyl (C=O) groups is 1. The van der Waals surface area contributed by atoms with E-state index < -0.39 is 5.60 Å². The minimum atomic E-state index is -0.427. The summed E-state index contributed by atoms with van der Waals surface area (Å²) in [6.07, 6.45) is 2.01. The number of para-hydroxylation sites is 1. The zero-order valence-corrected chi connectivity index (χ0v) is 14.2. The van der Waals surface area contributed by atoms with E-state index in [9.17, 15) is 4.79 Å². The molecule has 1 unspecified atom stereocenters. The van der Waals surface area contributed by atoms with Crippen molar-refractivity contribution in [1.82, 2.24) is 4.90 Å². The standard InChI is InChI=1S/C18H28N2O2/c1-14-8-5-6-10-16(14)19-12-15-9-7-11-20(13-15)17(21)22-18(2,3)4/h5-6,8,10,15,19H,7,9,11-13H2,1-4H3. The van der Waals surface area contributed by atoms with Crippen LogP contribution in [0.1, 0.15) is 39.2 Å². The molecular weight excluding hydrogens is 276 g/mol. The Kier molecular flexibility index (Phi) is 5.33. The Labute approximate surface area is 133 Å². The van der Waals surface area contributed by atoms with Gasteiger partial charge in [0.05, 0.1) is 0 Å². The van der Waals surface area contributed by atoms with Crippen molar-refractivity contribution in [2.75, 3.05) is 25.0 Å². The lowest BCUT2D eigenvalue weighted by Gasteiger charge is -2.34. The first-order valence-corrected chi connectivity index (χ1v) is 8.12. The SMILES string of the molecule is Cc1ccccc1NCC1CCCN(C(=O)OC(C)(C)C)C1. The molecule has 22 heavy (non-hydrogen) atoms. The number of rotatable bonds is 3. The summed E-state index contributed by atoms with van der Waals surface area (Å²) < 4.78 is 5.47. The van der Waals surface area contributed by atoms with Crippen LogP contribution in [-0.2, 0) is 4.74 Å². The van der Waals surface area contributed by atoms with E-state index in [-0.39, 0.29) is 6.09 Å². The number of nitrogens with one attached hydrogen (secondary N) is 1. The van der Waals surface area contributed by atoms with Crippen molar-refractivity contribution in [3.05, 3.63) is 29.8 Å². The van der Waals surface area contributed by atoms with Crippen LogP contribution < -0.4 is 5.32 Å². The summed E-state index contributed by atoms with van der Waals surface area (Å²) in [7, 11) is 0. The van der Waals surface area contributed by atoms with Crippen LogP contribution in [0.25, 0.3) is 0 Å². The summed E-state index contributed by atoms with van der Waals surface area (Å²) in [6, 6.07) is 8.30. The molecule has 1 heterocycles. The predicted molar refractivity (Wildman–Crippen MR) is 90.2 cm³/mol. The van der Waals surface area contributed by atoms with Gasteiger partial charge in [0.1, 0.15) is 5.60 Å². The van der Waals surface area contributed by atoms with E-state index in [1.165, 1.54) is 11.3 Å². The van der Waals surface area contributed by atoms with Crippen LogP contribution in [0.15, 0.2) is 24.3 Å². The maximum atomic E-state index is 12.2. The number of hydrogen-bond acceptors (Lipinski definition) is 3. The molecule has 1 N–H and O–H groups in total. The Balaban J connectivity index is 1.86. The first-order valence-electron chi connectivity index (χ1n) is 8.12. The highest BCUT2D eigenvalue weighted by molar-refractivity contribution is 5.68. The maximum Gasteiger partial charge on any atom is 0.410 e. The Bertz CT molecular complexity index is 508. The van der Waals surface area contributed by atoms with Crippen molar-refractivity contribution < 1.29 is 9.53 Å². The molecule has 1 atom stereocenters. The Morgan fingerprint density at radius 3 is 2.77 bits per heavy atom. The summed E-state index contributed by atoms with van der Waals surface area (Å²) in [5.41, 5.74) is 2.00. The number of amides is 1. The van der Waals surface area contributed by atoms with Crippen molar-refractivity contribution >= 4 is 11.8 Å². The minimum absolute atomic E-state index is 0.187. The molecule has 1 aliphatic rings. The van der Waals surface area contributed by atoms with Crippen LogP contribution in [0, 0.1) is 12.8 Å². The number of hydrogen-bond donors (Lipinski definition) is 1. The molecule has 1 aromatic carbocycles. The second-order valence-corrected chi connectivity index (χ2v) is 7.13. The molecule has 122 valence electrons. The largest absolute Gasteiger partial charge is 0.444 e. The van der Waals surface area contributed by atoms with Gasteiger partial charge in [-0.2, -0.15) is 0 Å². The number of piperidine rings is 1. The number of benzene rings is 1. The van der Waals surface area contributed by atoms with E-state index >= 15 is 0 Å². The van der Waals surface area contributed by atoms with Crippen molar-refractivity contribution in [2.45, 2.75) is 46.1 Å². The highest BCUT2D eigenvalue weighted by Gasteiger charge is 2.27. The molecule has 1 aromatic rings. The van der Waals surface area contributed by atoms with E-state index in [0.717, 1.165) is 32.5 Å². The molecule has 4 nitrogen and oxygen atoms in total. The highest BCUT2D eigenvalue weighted by atomic mass is 16.6. The Morgan fingerprint density at radius 1 is 1.36 bits per heavy atom. The second-order valence-electron chi connectivity index (χ2n) is 7.13. The third-order valence-electron chi connectivity index (χ3n) is 3.90. The van der Waals surface area contributed by atoms with Crippen LogP contribution in [0.3, 0.4) is 0 Å². The molecule has 1 saturated heterocycles. The van der Waals surface area contributed by atoms with Crippen LogP contribution in [0.2, 0.25) is 0 Å². The number of likely N-dealkylation sites (tertiary alicyclic amines) is 1. The molecule has 1 aliphatic heterocycles. The first kappa shape index (κ1) is 16.7. The van der Waals surface area contributed by atoms with E-state index in [2.05, 4.69) is 24.4 Å². The fourth-order valence-electron chi connectivity index (χ4n) is 2.75. The lowest BCUT2D eigenvalue weighted by molar-refractivity contribution is 0.0172. The van der Waals surface area contributed by atoms with Gasteiger partial charge in [0.15, 0.2) is 0 Å². The number of nitrogens with zero attached hydrogens (tertiary/aromatic N) is 1. The zero-order valence-electron chi connectivity index (χ0n) is 14.2. The predicted octanol–water partition coefficient (Wildman–Crippen LogP) is 4.05. The average Bonchev–Trinajstić information content (AvgIpc) is 2.45. The van der Waals surface area contributed by atoms with Crippen LogP contribution in [-0.4, -0.2) is 36.2 Å². The molecule has 1 fully saturated rings. The van der Waals surface area contributed by atoms with Gasteiger partial charge in [0, 0.05) is 25.3 Å². The maximum absolute atomic E-state index is 12.2. The highest BCUT2D eigenvalue weighted by Crippen LogP contribution is 2.21. The van der Waals surface area contributed by atoms with Crippen molar-refractivity contribution in [3.63, 3.8) is 0 Å².